The van der Waals surface area contributed by atoms with Crippen molar-refractivity contribution in [3.63, 3.8) is 0 Å². The van der Waals surface area contributed by atoms with Gasteiger partial charge in [0.05, 0.1) is 16.5 Å². The highest BCUT2D eigenvalue weighted by Gasteiger charge is 2.21. The molecular formula is C27H25ClN4O2S. The fourth-order valence-electron chi connectivity index (χ4n) is 3.70. The van der Waals surface area contributed by atoms with Gasteiger partial charge in [0.15, 0.2) is 5.13 Å². The number of anilines is 1. The maximum Gasteiger partial charge on any atom is 0.260 e. The molecule has 0 bridgehead atoms. The van der Waals surface area contributed by atoms with Crippen molar-refractivity contribution in [3.8, 4) is 11.5 Å². The number of imidazole rings is 1. The molecule has 178 valence electrons. The van der Waals surface area contributed by atoms with Crippen molar-refractivity contribution >= 4 is 45.0 Å². The summed E-state index contributed by atoms with van der Waals surface area (Å²) in [6.07, 6.45) is 6.26. The number of nitrogens with zero attached hydrogens (tertiary/aromatic N) is 4. The first kappa shape index (κ1) is 24.4. The van der Waals surface area contributed by atoms with Crippen molar-refractivity contribution in [2.24, 2.45) is 0 Å². The van der Waals surface area contributed by atoms with Crippen molar-refractivity contribution in [3.05, 3.63) is 103 Å². The number of fused-ring (bicyclic) bond motifs is 1. The number of rotatable bonds is 8. The molecule has 0 unspecified atom stereocenters. The Hall–Kier alpha value is -3.68. The van der Waals surface area contributed by atoms with Crippen LogP contribution in [0.3, 0.4) is 0 Å². The highest BCUT2D eigenvalue weighted by molar-refractivity contribution is 7.22. The summed E-state index contributed by atoms with van der Waals surface area (Å²) in [6.45, 7) is 3.39. The molecule has 0 aliphatic rings. The standard InChI is InChI=1S/C27H24N4O2S.ClH/c1-20-8-13-24-25(18-20)34-27(29-24)31(16-5-15-30-17-14-28-19-30)26(32)21-9-11-23(12-10-21)33-22-6-3-2-4-7-22;/h2-4,6-14,17-19H,5,15-16H2,1H3;1H. The van der Waals surface area contributed by atoms with Crippen molar-refractivity contribution in [2.45, 2.75) is 19.9 Å². The maximum atomic E-state index is 13.6. The first-order chi connectivity index (χ1) is 16.7. The normalized spacial score (nSPS) is 10.7. The molecule has 0 radical (unpaired) electrons. The molecule has 5 rings (SSSR count). The van der Waals surface area contributed by atoms with Crippen LogP contribution in [0.4, 0.5) is 5.13 Å². The lowest BCUT2D eigenvalue weighted by Crippen LogP contribution is -2.32. The van der Waals surface area contributed by atoms with Crippen LogP contribution >= 0.6 is 23.7 Å². The van der Waals surface area contributed by atoms with Gasteiger partial charge in [-0.1, -0.05) is 35.6 Å². The van der Waals surface area contributed by atoms with Gasteiger partial charge in [0.2, 0.25) is 0 Å². The molecule has 3 aromatic carbocycles. The van der Waals surface area contributed by atoms with Crippen molar-refractivity contribution in [2.75, 3.05) is 11.4 Å². The van der Waals surface area contributed by atoms with Crippen LogP contribution < -0.4 is 9.64 Å². The Morgan fingerprint density at radius 2 is 1.80 bits per heavy atom. The van der Waals surface area contributed by atoms with Crippen molar-refractivity contribution < 1.29 is 9.53 Å². The third-order valence-corrected chi connectivity index (χ3v) is 6.49. The second-order valence-electron chi connectivity index (χ2n) is 8.02. The van der Waals surface area contributed by atoms with E-state index < -0.39 is 0 Å². The highest BCUT2D eigenvalue weighted by atomic mass is 35.5. The summed E-state index contributed by atoms with van der Waals surface area (Å²) in [5.41, 5.74) is 2.68. The summed E-state index contributed by atoms with van der Waals surface area (Å²) in [5, 5.41) is 0.709. The van der Waals surface area contributed by atoms with Gasteiger partial charge in [0.25, 0.3) is 5.91 Å². The van der Waals surface area contributed by atoms with E-state index in [2.05, 4.69) is 18.0 Å². The fraction of sp³-hybridized carbons (Fsp3) is 0.148. The van der Waals surface area contributed by atoms with Gasteiger partial charge >= 0.3 is 0 Å². The van der Waals surface area contributed by atoms with Crippen LogP contribution in [0, 0.1) is 6.92 Å². The summed E-state index contributed by atoms with van der Waals surface area (Å²) in [4.78, 5) is 24.2. The summed E-state index contributed by atoms with van der Waals surface area (Å²) in [6, 6.07) is 23.0. The number of benzene rings is 3. The van der Waals surface area contributed by atoms with Crippen LogP contribution in [0.5, 0.6) is 11.5 Å². The minimum atomic E-state index is -0.0762. The van der Waals surface area contributed by atoms with Crippen molar-refractivity contribution in [1.29, 1.82) is 0 Å². The van der Waals surface area contributed by atoms with Gasteiger partial charge in [-0.15, -0.1) is 12.4 Å². The molecule has 6 nitrogen and oxygen atoms in total. The predicted octanol–water partition coefficient (Wildman–Crippen LogP) is 6.75. The number of hydrogen-bond donors (Lipinski definition) is 0. The Bertz CT molecular complexity index is 1390. The Balaban J connectivity index is 0.00000289. The van der Waals surface area contributed by atoms with Crippen LogP contribution in [0.25, 0.3) is 10.2 Å². The third-order valence-electron chi connectivity index (χ3n) is 5.45. The summed E-state index contributed by atoms with van der Waals surface area (Å²) in [5.74, 6) is 1.37. The Labute approximate surface area is 214 Å². The number of para-hydroxylation sites is 1. The van der Waals surface area contributed by atoms with Crippen LogP contribution in [0.15, 0.2) is 91.5 Å². The van der Waals surface area contributed by atoms with Gasteiger partial charge in [0, 0.05) is 31.0 Å². The van der Waals surface area contributed by atoms with E-state index in [1.807, 2.05) is 65.4 Å². The summed E-state index contributed by atoms with van der Waals surface area (Å²) in [7, 11) is 0. The topological polar surface area (TPSA) is 60.2 Å². The second-order valence-corrected chi connectivity index (χ2v) is 9.03. The van der Waals surface area contributed by atoms with E-state index in [-0.39, 0.29) is 18.3 Å². The number of ether oxygens (including phenoxy) is 1. The molecule has 35 heavy (non-hydrogen) atoms. The molecule has 5 aromatic rings. The lowest BCUT2D eigenvalue weighted by molar-refractivity contribution is 0.0986. The average molecular weight is 505 g/mol. The van der Waals surface area contributed by atoms with Gasteiger partial charge in [-0.25, -0.2) is 9.97 Å². The van der Waals surface area contributed by atoms with Crippen LogP contribution in [-0.4, -0.2) is 27.0 Å². The van der Waals surface area contributed by atoms with Gasteiger partial charge < -0.3 is 9.30 Å². The number of aryl methyl sites for hydroxylation is 2. The van der Waals surface area contributed by atoms with E-state index in [1.165, 1.54) is 5.56 Å². The van der Waals surface area contributed by atoms with Crippen LogP contribution in [0.1, 0.15) is 22.3 Å². The molecule has 8 heteroatoms. The number of hydrogen-bond acceptors (Lipinski definition) is 5. The van der Waals surface area contributed by atoms with E-state index in [1.54, 1.807) is 40.9 Å². The van der Waals surface area contributed by atoms with Gasteiger partial charge in [-0.3, -0.25) is 9.69 Å². The SMILES string of the molecule is Cc1ccc2nc(N(CCCn3ccnc3)C(=O)c3ccc(Oc4ccccc4)cc3)sc2c1.Cl. The highest BCUT2D eigenvalue weighted by Crippen LogP contribution is 2.31. The van der Waals surface area contributed by atoms with Gasteiger partial charge in [-0.05, 0) is 67.4 Å². The molecule has 0 N–H and O–H groups in total. The van der Waals surface area contributed by atoms with E-state index in [0.29, 0.717) is 23.0 Å². The molecule has 0 saturated carbocycles. The molecule has 0 atom stereocenters. The maximum absolute atomic E-state index is 13.6. The van der Waals surface area contributed by atoms with Crippen LogP contribution in [-0.2, 0) is 6.54 Å². The Kier molecular flexibility index (Phi) is 7.80. The van der Waals surface area contributed by atoms with Gasteiger partial charge in [-0.2, -0.15) is 0 Å². The average Bonchev–Trinajstić information content (AvgIpc) is 3.52. The zero-order valence-electron chi connectivity index (χ0n) is 19.2. The lowest BCUT2D eigenvalue weighted by Gasteiger charge is -2.20. The molecule has 0 aliphatic heterocycles. The zero-order chi connectivity index (χ0) is 23.3. The molecule has 0 spiro atoms. The number of amides is 1. The number of aromatic nitrogens is 3. The van der Waals surface area contributed by atoms with E-state index >= 15 is 0 Å². The molecule has 0 fully saturated rings. The third kappa shape index (κ3) is 5.88. The Morgan fingerprint density at radius 3 is 2.54 bits per heavy atom. The zero-order valence-corrected chi connectivity index (χ0v) is 20.8. The Morgan fingerprint density at radius 1 is 1.03 bits per heavy atom. The number of halogens is 1. The van der Waals surface area contributed by atoms with E-state index in [9.17, 15) is 4.79 Å². The van der Waals surface area contributed by atoms with Gasteiger partial charge in [0.1, 0.15) is 11.5 Å². The molecular weight excluding hydrogens is 480 g/mol. The van der Waals surface area contributed by atoms with Crippen LogP contribution in [0.2, 0.25) is 0 Å². The molecule has 0 aliphatic carbocycles. The summed E-state index contributed by atoms with van der Waals surface area (Å²) >= 11 is 1.55. The predicted molar refractivity (Wildman–Crippen MR) is 143 cm³/mol. The smallest absolute Gasteiger partial charge is 0.260 e. The molecule has 2 aromatic heterocycles. The quantitative estimate of drug-likeness (QED) is 0.234. The second kappa shape index (κ2) is 11.2. The molecule has 2 heterocycles. The van der Waals surface area contributed by atoms with E-state index in [4.69, 9.17) is 9.72 Å². The first-order valence-electron chi connectivity index (χ1n) is 11.1. The first-order valence-corrected chi connectivity index (χ1v) is 12.0. The van der Waals surface area contributed by atoms with E-state index in [0.717, 1.165) is 28.9 Å². The fourth-order valence-corrected chi connectivity index (χ4v) is 4.78. The minimum Gasteiger partial charge on any atom is -0.457 e. The largest absolute Gasteiger partial charge is 0.457 e. The molecule has 1 amide bonds. The summed E-state index contributed by atoms with van der Waals surface area (Å²) < 4.78 is 8.96. The lowest BCUT2D eigenvalue weighted by atomic mass is 10.2. The molecule has 0 saturated heterocycles. The minimum absolute atomic E-state index is 0. The number of carbonyl (C=O) groups is 1. The monoisotopic (exact) mass is 504 g/mol. The number of thiazole rings is 1. The number of carbonyl (C=O) groups excluding carboxylic acids is 1. The van der Waals surface area contributed by atoms with Crippen molar-refractivity contribution in [1.82, 2.24) is 14.5 Å².